The minimum Gasteiger partial charge on any atom is -0.476 e. The van der Waals surface area contributed by atoms with Crippen molar-refractivity contribution in [1.82, 2.24) is 25.0 Å². The molecule has 1 unspecified atom stereocenters. The van der Waals surface area contributed by atoms with Crippen molar-refractivity contribution in [2.45, 2.75) is 75.7 Å². The molecule has 52 heavy (non-hydrogen) atoms. The van der Waals surface area contributed by atoms with Crippen LogP contribution in [-0.2, 0) is 9.53 Å². The van der Waals surface area contributed by atoms with Crippen LogP contribution in [0.2, 0.25) is 0 Å². The van der Waals surface area contributed by atoms with Gasteiger partial charge in [-0.2, -0.15) is 17.6 Å². The van der Waals surface area contributed by atoms with Gasteiger partial charge in [0.15, 0.2) is 6.23 Å². The summed E-state index contributed by atoms with van der Waals surface area (Å²) in [5, 5.41) is 7.91. The van der Waals surface area contributed by atoms with Crippen LogP contribution in [0.4, 0.5) is 17.6 Å². The van der Waals surface area contributed by atoms with E-state index in [9.17, 15) is 18.0 Å². The molecule has 2 fully saturated rings. The van der Waals surface area contributed by atoms with Crippen LogP contribution in [0.1, 0.15) is 80.7 Å². The first-order valence-electron chi connectivity index (χ1n) is 17.9. The number of ether oxygens (including phenoxy) is 2. The number of fused-ring (bicyclic) bond motifs is 1. The molecule has 276 valence electrons. The normalized spacial score (nSPS) is 18.4. The van der Waals surface area contributed by atoms with Crippen molar-refractivity contribution >= 4 is 28.0 Å². The Balaban J connectivity index is 1.33. The first kappa shape index (κ1) is 37.2. The molecule has 1 aliphatic carbocycles. The highest BCUT2D eigenvalue weighted by Crippen LogP contribution is 2.41. The molecule has 6 rings (SSSR count). The number of allylic oxidation sites excluding steroid dienone is 1. The molecule has 2 aliphatic rings. The zero-order valence-corrected chi connectivity index (χ0v) is 29.6. The second-order valence-electron chi connectivity index (χ2n) is 13.8. The van der Waals surface area contributed by atoms with E-state index in [1.54, 1.807) is 80.8 Å². The highest BCUT2D eigenvalue weighted by molar-refractivity contribution is 6.00. The molecule has 1 atom stereocenters. The quantitative estimate of drug-likeness (QED) is 0.0899. The zero-order chi connectivity index (χ0) is 36.7. The summed E-state index contributed by atoms with van der Waals surface area (Å²) in [6, 6.07) is 16.8. The topological polar surface area (TPSA) is 81.5 Å². The van der Waals surface area contributed by atoms with Gasteiger partial charge in [-0.1, -0.05) is 61.7 Å². The van der Waals surface area contributed by atoms with E-state index >= 15 is 4.39 Å². The Bertz CT molecular complexity index is 1870. The molecule has 3 heterocycles. The van der Waals surface area contributed by atoms with Gasteiger partial charge in [0.1, 0.15) is 6.61 Å². The van der Waals surface area contributed by atoms with Gasteiger partial charge in [0, 0.05) is 51.1 Å². The zero-order valence-electron chi connectivity index (χ0n) is 29.6. The molecular weight excluding hydrogens is 674 g/mol. The number of alkyl halides is 3. The highest BCUT2D eigenvalue weighted by atomic mass is 19.4. The number of nitrogens with zero attached hydrogens (tertiary/aromatic N) is 4. The van der Waals surface area contributed by atoms with Gasteiger partial charge in [-0.3, -0.25) is 4.79 Å². The van der Waals surface area contributed by atoms with E-state index in [1.807, 2.05) is 6.08 Å². The Labute approximate surface area is 301 Å². The van der Waals surface area contributed by atoms with E-state index in [2.05, 4.69) is 15.4 Å². The average Bonchev–Trinajstić information content (AvgIpc) is 3.48. The minimum atomic E-state index is -4.53. The fourth-order valence-electron chi connectivity index (χ4n) is 7.10. The van der Waals surface area contributed by atoms with Crippen LogP contribution < -0.4 is 10.1 Å². The third kappa shape index (κ3) is 9.08. The summed E-state index contributed by atoms with van der Waals surface area (Å²) in [6.07, 6.45) is 6.27. The second kappa shape index (κ2) is 16.4. The van der Waals surface area contributed by atoms with Crippen molar-refractivity contribution in [3.63, 3.8) is 0 Å². The van der Waals surface area contributed by atoms with Crippen LogP contribution in [0.3, 0.4) is 0 Å². The van der Waals surface area contributed by atoms with E-state index in [1.165, 1.54) is 15.8 Å². The van der Waals surface area contributed by atoms with Crippen molar-refractivity contribution in [3.05, 3.63) is 102 Å². The molecule has 2 aromatic carbocycles. The van der Waals surface area contributed by atoms with Crippen molar-refractivity contribution in [1.29, 1.82) is 0 Å². The standard InChI is InChI=1S/C40H45F4N5O3/c1-48(2)35(50)14-11-22-46-39(20-8-4-9-21-39)27-52-34-19-17-30(26-45-34)37(32(25-40(42,43)44)28-12-5-3-6-13-28)29-16-18-33-31(24-29)38(41)47-49(33)36-15-7-10-23-51-36/h3,5-6,11-14,16-19,24,26,36,46H,4,7-10,15,20-23,25,27H2,1-2H3/b14-11?,37-32-. The van der Waals surface area contributed by atoms with Gasteiger partial charge in [0.2, 0.25) is 17.7 Å². The van der Waals surface area contributed by atoms with Gasteiger partial charge < -0.3 is 19.7 Å². The SMILES string of the molecule is CN(C)C(=O)C=CCNC1(COc2ccc(/C(=C(/CC(F)(F)F)c3ccccc3)c3ccc4c(c3)c(F)nn4C3CCCCO3)cn2)CCCCC1. The molecule has 1 N–H and O–H groups in total. The number of hydrogen-bond donors (Lipinski definition) is 1. The fourth-order valence-corrected chi connectivity index (χ4v) is 7.10. The molecule has 1 aliphatic heterocycles. The molecular formula is C40H45F4N5O3. The molecule has 12 heteroatoms. The van der Waals surface area contributed by atoms with Crippen LogP contribution >= 0.6 is 0 Å². The van der Waals surface area contributed by atoms with E-state index in [-0.39, 0.29) is 28.0 Å². The van der Waals surface area contributed by atoms with Crippen molar-refractivity contribution in [2.24, 2.45) is 0 Å². The summed E-state index contributed by atoms with van der Waals surface area (Å²) in [4.78, 5) is 18.0. The smallest absolute Gasteiger partial charge is 0.393 e. The lowest BCUT2D eigenvalue weighted by Gasteiger charge is -2.37. The molecule has 1 saturated carbocycles. The Morgan fingerprint density at radius 1 is 1.02 bits per heavy atom. The maximum Gasteiger partial charge on any atom is 0.393 e. The predicted molar refractivity (Wildman–Crippen MR) is 193 cm³/mol. The molecule has 8 nitrogen and oxygen atoms in total. The third-order valence-electron chi connectivity index (χ3n) is 9.81. The lowest BCUT2D eigenvalue weighted by atomic mass is 9.82. The number of halogens is 4. The van der Waals surface area contributed by atoms with Gasteiger partial charge in [0.25, 0.3) is 0 Å². The summed E-state index contributed by atoms with van der Waals surface area (Å²) in [7, 11) is 3.40. The van der Waals surface area contributed by atoms with Crippen molar-refractivity contribution in [3.8, 4) is 5.88 Å². The first-order valence-corrected chi connectivity index (χ1v) is 17.9. The molecule has 0 spiro atoms. The second-order valence-corrected chi connectivity index (χ2v) is 13.8. The Morgan fingerprint density at radius 2 is 1.79 bits per heavy atom. The monoisotopic (exact) mass is 719 g/mol. The molecule has 1 amide bonds. The number of aromatic nitrogens is 3. The number of carbonyl (C=O) groups is 1. The maximum absolute atomic E-state index is 15.5. The summed E-state index contributed by atoms with van der Waals surface area (Å²) in [6.45, 7) is 1.39. The van der Waals surface area contributed by atoms with E-state index in [0.29, 0.717) is 54.3 Å². The van der Waals surface area contributed by atoms with Gasteiger partial charge in [0.05, 0.1) is 22.9 Å². The van der Waals surface area contributed by atoms with Crippen LogP contribution in [0.5, 0.6) is 5.88 Å². The maximum atomic E-state index is 15.5. The summed E-state index contributed by atoms with van der Waals surface area (Å²) < 4.78 is 71.9. The van der Waals surface area contributed by atoms with E-state index in [4.69, 9.17) is 9.47 Å². The van der Waals surface area contributed by atoms with Crippen LogP contribution in [0, 0.1) is 5.95 Å². The van der Waals surface area contributed by atoms with Gasteiger partial charge in [-0.15, -0.1) is 5.10 Å². The minimum absolute atomic E-state index is 0.0393. The lowest BCUT2D eigenvalue weighted by molar-refractivity contribution is -0.124. The number of nitrogens with one attached hydrogen (secondary N) is 1. The number of hydrogen-bond acceptors (Lipinski definition) is 6. The fraction of sp³-hybridized carbons (Fsp3) is 0.425. The molecule has 4 aromatic rings. The first-order chi connectivity index (χ1) is 25.0. The van der Waals surface area contributed by atoms with Crippen LogP contribution in [0.15, 0.2) is 79.0 Å². The molecule has 0 bridgehead atoms. The van der Waals surface area contributed by atoms with Gasteiger partial charge in [-0.05, 0) is 72.6 Å². The molecule has 0 radical (unpaired) electrons. The lowest BCUT2D eigenvalue weighted by Crippen LogP contribution is -2.51. The number of likely N-dealkylation sites (N-methyl/N-ethyl adjacent to an activating group) is 1. The van der Waals surface area contributed by atoms with Crippen LogP contribution in [-0.4, -0.2) is 71.1 Å². The van der Waals surface area contributed by atoms with Crippen LogP contribution in [0.25, 0.3) is 22.0 Å². The Morgan fingerprint density at radius 3 is 2.46 bits per heavy atom. The largest absolute Gasteiger partial charge is 0.476 e. The number of pyridine rings is 1. The van der Waals surface area contributed by atoms with Gasteiger partial charge in [-0.25, -0.2) is 9.67 Å². The van der Waals surface area contributed by atoms with E-state index in [0.717, 1.165) is 44.9 Å². The Hall–Kier alpha value is -4.55. The van der Waals surface area contributed by atoms with Gasteiger partial charge >= 0.3 is 6.18 Å². The highest BCUT2D eigenvalue weighted by Gasteiger charge is 2.34. The summed E-state index contributed by atoms with van der Waals surface area (Å²) in [5.41, 5.74) is 1.76. The summed E-state index contributed by atoms with van der Waals surface area (Å²) in [5.74, 6) is -0.469. The van der Waals surface area contributed by atoms with Crippen molar-refractivity contribution in [2.75, 3.05) is 33.9 Å². The average molecular weight is 720 g/mol. The number of rotatable bonds is 12. The van der Waals surface area contributed by atoms with E-state index < -0.39 is 24.8 Å². The summed E-state index contributed by atoms with van der Waals surface area (Å²) >= 11 is 0. The molecule has 1 saturated heterocycles. The molecule has 2 aromatic heterocycles. The van der Waals surface area contributed by atoms with Crippen molar-refractivity contribution < 1.29 is 31.8 Å². The Kier molecular flexibility index (Phi) is 11.7. The predicted octanol–water partition coefficient (Wildman–Crippen LogP) is 8.50. The number of amides is 1. The number of carbonyl (C=O) groups excluding carboxylic acids is 1. The third-order valence-corrected chi connectivity index (χ3v) is 9.81. The number of benzene rings is 2.